The molecular formula is C9H20N2O2S. The number of sulfonamides is 1. The van der Waals surface area contributed by atoms with Gasteiger partial charge in [-0.1, -0.05) is 6.92 Å². The van der Waals surface area contributed by atoms with Crippen LogP contribution in [0.2, 0.25) is 0 Å². The summed E-state index contributed by atoms with van der Waals surface area (Å²) < 4.78 is 24.4. The van der Waals surface area contributed by atoms with Crippen molar-refractivity contribution in [3.05, 3.63) is 0 Å². The third-order valence-corrected chi connectivity index (χ3v) is 4.42. The quantitative estimate of drug-likeness (QED) is 0.660. The first kappa shape index (κ1) is 11.9. The molecule has 1 aliphatic heterocycles. The fourth-order valence-electron chi connectivity index (χ4n) is 1.66. The molecule has 0 spiro atoms. The van der Waals surface area contributed by atoms with Gasteiger partial charge in [-0.3, -0.25) is 0 Å². The lowest BCUT2D eigenvalue weighted by molar-refractivity contribution is 0.427. The Kier molecular flexibility index (Phi) is 4.84. The van der Waals surface area contributed by atoms with Crippen LogP contribution in [0.25, 0.3) is 0 Å². The van der Waals surface area contributed by atoms with Crippen LogP contribution in [0.1, 0.15) is 26.2 Å². The van der Waals surface area contributed by atoms with E-state index < -0.39 is 10.0 Å². The van der Waals surface area contributed by atoms with Crippen LogP contribution in [-0.4, -0.2) is 44.7 Å². The summed E-state index contributed by atoms with van der Waals surface area (Å²) in [6.45, 7) is 5.48. The average Bonchev–Trinajstić information content (AvgIpc) is 2.45. The van der Waals surface area contributed by atoms with Gasteiger partial charge in [0.15, 0.2) is 0 Å². The van der Waals surface area contributed by atoms with Crippen molar-refractivity contribution in [2.75, 3.05) is 31.9 Å². The molecule has 1 heterocycles. The van der Waals surface area contributed by atoms with E-state index in [-0.39, 0.29) is 0 Å². The van der Waals surface area contributed by atoms with E-state index in [1.165, 1.54) is 0 Å². The lowest BCUT2D eigenvalue weighted by atomic mass is 10.3. The van der Waals surface area contributed by atoms with Crippen molar-refractivity contribution in [1.82, 2.24) is 9.62 Å². The highest BCUT2D eigenvalue weighted by atomic mass is 32.2. The molecule has 1 rings (SSSR count). The van der Waals surface area contributed by atoms with Gasteiger partial charge in [0.25, 0.3) is 0 Å². The van der Waals surface area contributed by atoms with Gasteiger partial charge in [-0.05, 0) is 32.4 Å². The second kappa shape index (κ2) is 5.68. The molecule has 0 aromatic carbocycles. The molecule has 14 heavy (non-hydrogen) atoms. The van der Waals surface area contributed by atoms with Crippen LogP contribution < -0.4 is 5.32 Å². The lowest BCUT2D eigenvalue weighted by Crippen LogP contribution is -2.27. The average molecular weight is 220 g/mol. The van der Waals surface area contributed by atoms with Crippen molar-refractivity contribution in [2.24, 2.45) is 0 Å². The Bertz CT molecular complexity index is 252. The smallest absolute Gasteiger partial charge is 0.214 e. The Morgan fingerprint density at radius 1 is 1.36 bits per heavy atom. The molecule has 0 bridgehead atoms. The molecule has 84 valence electrons. The van der Waals surface area contributed by atoms with E-state index in [1.807, 2.05) is 0 Å². The zero-order valence-corrected chi connectivity index (χ0v) is 9.65. The van der Waals surface area contributed by atoms with Crippen molar-refractivity contribution in [2.45, 2.75) is 26.2 Å². The van der Waals surface area contributed by atoms with Crippen LogP contribution in [0.4, 0.5) is 0 Å². The highest BCUT2D eigenvalue weighted by Gasteiger charge is 2.26. The van der Waals surface area contributed by atoms with E-state index in [4.69, 9.17) is 0 Å². The molecule has 0 aromatic rings. The Labute approximate surface area is 86.7 Å². The molecular weight excluding hydrogens is 200 g/mol. The van der Waals surface area contributed by atoms with E-state index >= 15 is 0 Å². The molecule has 1 fully saturated rings. The Hall–Kier alpha value is -0.130. The monoisotopic (exact) mass is 220 g/mol. The zero-order chi connectivity index (χ0) is 10.4. The number of hydrogen-bond acceptors (Lipinski definition) is 3. The summed E-state index contributed by atoms with van der Waals surface area (Å²) in [5.41, 5.74) is 0. The SMILES string of the molecule is CCNCCCCN1CCCS1(=O)=O. The van der Waals surface area contributed by atoms with Gasteiger partial charge in [0.05, 0.1) is 5.75 Å². The van der Waals surface area contributed by atoms with Gasteiger partial charge >= 0.3 is 0 Å². The minimum atomic E-state index is -2.87. The molecule has 0 amide bonds. The molecule has 1 saturated heterocycles. The number of hydrogen-bond donors (Lipinski definition) is 1. The molecule has 0 aliphatic carbocycles. The van der Waals surface area contributed by atoms with Gasteiger partial charge in [0.2, 0.25) is 10.0 Å². The number of unbranched alkanes of at least 4 members (excludes halogenated alkanes) is 1. The highest BCUT2D eigenvalue weighted by Crippen LogP contribution is 2.13. The molecule has 4 nitrogen and oxygen atoms in total. The summed E-state index contributed by atoms with van der Waals surface area (Å²) in [7, 11) is -2.87. The molecule has 0 unspecified atom stereocenters. The van der Waals surface area contributed by atoms with E-state index in [0.29, 0.717) is 12.3 Å². The predicted molar refractivity (Wildman–Crippen MR) is 57.8 cm³/mol. The van der Waals surface area contributed by atoms with Crippen LogP contribution in [0.15, 0.2) is 0 Å². The molecule has 1 N–H and O–H groups in total. The van der Waals surface area contributed by atoms with Gasteiger partial charge in [0.1, 0.15) is 0 Å². The Morgan fingerprint density at radius 3 is 2.71 bits per heavy atom. The normalized spacial score (nSPS) is 21.5. The summed E-state index contributed by atoms with van der Waals surface area (Å²) in [6.07, 6.45) is 2.82. The van der Waals surface area contributed by atoms with Crippen molar-refractivity contribution < 1.29 is 8.42 Å². The topological polar surface area (TPSA) is 49.4 Å². The molecule has 1 aliphatic rings. The third-order valence-electron chi connectivity index (χ3n) is 2.46. The van der Waals surface area contributed by atoms with E-state index in [0.717, 1.165) is 38.9 Å². The van der Waals surface area contributed by atoms with Crippen LogP contribution >= 0.6 is 0 Å². The van der Waals surface area contributed by atoms with Crippen molar-refractivity contribution in [3.63, 3.8) is 0 Å². The summed E-state index contributed by atoms with van der Waals surface area (Å²) >= 11 is 0. The minimum Gasteiger partial charge on any atom is -0.317 e. The van der Waals surface area contributed by atoms with E-state index in [9.17, 15) is 8.42 Å². The summed E-state index contributed by atoms with van der Waals surface area (Å²) in [5.74, 6) is 0.347. The third kappa shape index (κ3) is 3.55. The van der Waals surface area contributed by atoms with Crippen molar-refractivity contribution in [1.29, 1.82) is 0 Å². The van der Waals surface area contributed by atoms with Gasteiger partial charge in [-0.2, -0.15) is 0 Å². The second-order valence-electron chi connectivity index (χ2n) is 3.63. The van der Waals surface area contributed by atoms with Crippen molar-refractivity contribution >= 4 is 10.0 Å². The Morgan fingerprint density at radius 2 is 2.14 bits per heavy atom. The maximum Gasteiger partial charge on any atom is 0.214 e. The minimum absolute atomic E-state index is 0.347. The highest BCUT2D eigenvalue weighted by molar-refractivity contribution is 7.89. The number of rotatable bonds is 6. The van der Waals surface area contributed by atoms with Crippen LogP contribution in [0.3, 0.4) is 0 Å². The zero-order valence-electron chi connectivity index (χ0n) is 8.83. The van der Waals surface area contributed by atoms with E-state index in [2.05, 4.69) is 12.2 Å². The van der Waals surface area contributed by atoms with Gasteiger partial charge in [0, 0.05) is 13.1 Å². The molecule has 0 aromatic heterocycles. The maximum absolute atomic E-state index is 11.4. The fourth-order valence-corrected chi connectivity index (χ4v) is 3.22. The van der Waals surface area contributed by atoms with Crippen molar-refractivity contribution in [3.8, 4) is 0 Å². The van der Waals surface area contributed by atoms with Crippen LogP contribution in [0.5, 0.6) is 0 Å². The number of nitrogens with one attached hydrogen (secondary N) is 1. The van der Waals surface area contributed by atoms with Crippen LogP contribution in [0, 0.1) is 0 Å². The Balaban J connectivity index is 2.13. The molecule has 0 radical (unpaired) electrons. The van der Waals surface area contributed by atoms with Gasteiger partial charge in [-0.25, -0.2) is 12.7 Å². The van der Waals surface area contributed by atoms with Crippen LogP contribution in [-0.2, 0) is 10.0 Å². The lowest BCUT2D eigenvalue weighted by Gasteiger charge is -2.13. The first-order valence-electron chi connectivity index (χ1n) is 5.35. The first-order chi connectivity index (χ1) is 6.67. The predicted octanol–water partition coefficient (Wildman–Crippen LogP) is 0.412. The van der Waals surface area contributed by atoms with Gasteiger partial charge in [-0.15, -0.1) is 0 Å². The first-order valence-corrected chi connectivity index (χ1v) is 6.96. The van der Waals surface area contributed by atoms with E-state index in [1.54, 1.807) is 4.31 Å². The molecule has 0 saturated carbocycles. The largest absolute Gasteiger partial charge is 0.317 e. The summed E-state index contributed by atoms with van der Waals surface area (Å²) in [5, 5.41) is 3.23. The molecule has 5 heteroatoms. The maximum atomic E-state index is 11.4. The summed E-state index contributed by atoms with van der Waals surface area (Å²) in [4.78, 5) is 0. The second-order valence-corrected chi connectivity index (χ2v) is 5.72. The van der Waals surface area contributed by atoms with Gasteiger partial charge < -0.3 is 5.32 Å². The standard InChI is InChI=1S/C9H20N2O2S/c1-2-10-6-3-4-7-11-8-5-9-14(11,12)13/h10H,2-9H2,1H3. The molecule has 0 atom stereocenters. The fraction of sp³-hybridized carbons (Fsp3) is 1.00. The summed E-state index contributed by atoms with van der Waals surface area (Å²) in [6, 6.07) is 0. The number of nitrogens with zero attached hydrogens (tertiary/aromatic N) is 1.